The average molecular weight is 403 g/mol. The molecule has 24 heavy (non-hydrogen) atoms. The summed E-state index contributed by atoms with van der Waals surface area (Å²) in [6.45, 7) is 0.141. The normalized spacial score (nSPS) is 10.8. The number of aromatic nitrogens is 1. The standard InChI is InChI=1S/C18H15BrN2O2S/c1-24-14-4-2-3-13(10-14)20-18(23)11-21-8-7-17(22)15-9-12(19)5-6-16(15)21/h2-10H,11H2,1H3,(H,20,23). The number of hydrogen-bond donors (Lipinski definition) is 1. The van der Waals surface area contributed by atoms with E-state index in [-0.39, 0.29) is 17.9 Å². The van der Waals surface area contributed by atoms with Crippen LogP contribution in [0.5, 0.6) is 0 Å². The number of amides is 1. The van der Waals surface area contributed by atoms with Crippen LogP contribution in [-0.4, -0.2) is 16.7 Å². The van der Waals surface area contributed by atoms with Crippen LogP contribution in [0.1, 0.15) is 0 Å². The smallest absolute Gasteiger partial charge is 0.244 e. The summed E-state index contributed by atoms with van der Waals surface area (Å²) in [5.41, 5.74) is 1.44. The molecule has 0 radical (unpaired) electrons. The number of nitrogens with one attached hydrogen (secondary N) is 1. The molecule has 0 aliphatic heterocycles. The van der Waals surface area contributed by atoms with Crippen molar-refractivity contribution in [3.8, 4) is 0 Å². The zero-order chi connectivity index (χ0) is 17.1. The highest BCUT2D eigenvalue weighted by Crippen LogP contribution is 2.20. The predicted octanol–water partition coefficient (Wildman–Crippen LogP) is 4.12. The maximum atomic E-state index is 12.4. The molecule has 0 fully saturated rings. The van der Waals surface area contributed by atoms with Gasteiger partial charge in [-0.1, -0.05) is 22.0 Å². The second-order valence-corrected chi connectivity index (χ2v) is 7.04. The SMILES string of the molecule is CSc1cccc(NC(=O)Cn2ccc(=O)c3cc(Br)ccc32)c1. The second-order valence-electron chi connectivity index (χ2n) is 5.25. The van der Waals surface area contributed by atoms with E-state index >= 15 is 0 Å². The van der Waals surface area contributed by atoms with Gasteiger partial charge in [0.15, 0.2) is 5.43 Å². The van der Waals surface area contributed by atoms with Crippen molar-refractivity contribution in [1.29, 1.82) is 0 Å². The Labute approximate surface area is 152 Å². The molecule has 0 spiro atoms. The summed E-state index contributed by atoms with van der Waals surface area (Å²) in [5, 5.41) is 3.48. The molecule has 0 saturated heterocycles. The Balaban J connectivity index is 1.85. The van der Waals surface area contributed by atoms with Crippen LogP contribution >= 0.6 is 27.7 Å². The fourth-order valence-electron chi connectivity index (χ4n) is 2.48. The number of rotatable bonds is 4. The molecule has 0 bridgehead atoms. The molecule has 4 nitrogen and oxygen atoms in total. The molecule has 0 aliphatic carbocycles. The summed E-state index contributed by atoms with van der Waals surface area (Å²) in [4.78, 5) is 25.4. The Kier molecular flexibility index (Phi) is 5.06. The van der Waals surface area contributed by atoms with Gasteiger partial charge in [-0.2, -0.15) is 0 Å². The minimum Gasteiger partial charge on any atom is -0.338 e. The van der Waals surface area contributed by atoms with Crippen molar-refractivity contribution in [3.63, 3.8) is 0 Å². The van der Waals surface area contributed by atoms with E-state index in [1.807, 2.05) is 42.7 Å². The largest absolute Gasteiger partial charge is 0.338 e. The third-order valence-electron chi connectivity index (χ3n) is 3.61. The van der Waals surface area contributed by atoms with Crippen LogP contribution in [0.3, 0.4) is 0 Å². The van der Waals surface area contributed by atoms with Gasteiger partial charge in [0.25, 0.3) is 0 Å². The van der Waals surface area contributed by atoms with Crippen molar-refractivity contribution in [2.45, 2.75) is 11.4 Å². The number of carbonyl (C=O) groups is 1. The Morgan fingerprint density at radius 1 is 1.21 bits per heavy atom. The van der Waals surface area contributed by atoms with Crippen LogP contribution in [0.25, 0.3) is 10.9 Å². The monoisotopic (exact) mass is 402 g/mol. The van der Waals surface area contributed by atoms with E-state index in [2.05, 4.69) is 21.2 Å². The first-order valence-electron chi connectivity index (χ1n) is 7.29. The number of hydrogen-bond acceptors (Lipinski definition) is 3. The zero-order valence-electron chi connectivity index (χ0n) is 13.0. The first-order valence-corrected chi connectivity index (χ1v) is 9.31. The van der Waals surface area contributed by atoms with Gasteiger partial charge in [0.1, 0.15) is 6.54 Å². The van der Waals surface area contributed by atoms with Crippen molar-refractivity contribution < 1.29 is 4.79 Å². The second kappa shape index (κ2) is 7.23. The van der Waals surface area contributed by atoms with Gasteiger partial charge in [0, 0.05) is 32.7 Å². The van der Waals surface area contributed by atoms with Gasteiger partial charge in [-0.25, -0.2) is 0 Å². The molecule has 122 valence electrons. The van der Waals surface area contributed by atoms with Crippen molar-refractivity contribution >= 4 is 50.2 Å². The lowest BCUT2D eigenvalue weighted by Crippen LogP contribution is -2.20. The highest BCUT2D eigenvalue weighted by Gasteiger charge is 2.08. The number of carbonyl (C=O) groups excluding carboxylic acids is 1. The molecule has 6 heteroatoms. The molecule has 1 amide bonds. The summed E-state index contributed by atoms with van der Waals surface area (Å²) < 4.78 is 2.61. The predicted molar refractivity (Wildman–Crippen MR) is 103 cm³/mol. The molecule has 0 atom stereocenters. The maximum Gasteiger partial charge on any atom is 0.244 e. The first-order chi connectivity index (χ1) is 11.6. The van der Waals surface area contributed by atoms with Gasteiger partial charge < -0.3 is 9.88 Å². The van der Waals surface area contributed by atoms with Crippen molar-refractivity contribution in [2.75, 3.05) is 11.6 Å². The van der Waals surface area contributed by atoms with Crippen LogP contribution in [0.4, 0.5) is 5.69 Å². The van der Waals surface area contributed by atoms with Crippen LogP contribution in [-0.2, 0) is 11.3 Å². The molecule has 1 N–H and O–H groups in total. The third-order valence-corrected chi connectivity index (χ3v) is 4.83. The number of halogens is 1. The molecular weight excluding hydrogens is 388 g/mol. The molecule has 0 aliphatic rings. The van der Waals surface area contributed by atoms with Crippen LogP contribution in [0.15, 0.2) is 68.9 Å². The van der Waals surface area contributed by atoms with Gasteiger partial charge in [0.2, 0.25) is 5.91 Å². The maximum absolute atomic E-state index is 12.4. The van der Waals surface area contributed by atoms with Crippen molar-refractivity contribution in [3.05, 3.63) is 69.4 Å². The van der Waals surface area contributed by atoms with E-state index in [1.165, 1.54) is 6.07 Å². The van der Waals surface area contributed by atoms with E-state index < -0.39 is 0 Å². The van der Waals surface area contributed by atoms with Gasteiger partial charge in [-0.15, -0.1) is 11.8 Å². The van der Waals surface area contributed by atoms with E-state index in [0.717, 1.165) is 20.6 Å². The number of thioether (sulfide) groups is 1. The number of anilines is 1. The molecule has 3 rings (SSSR count). The molecule has 2 aromatic carbocycles. The number of fused-ring (bicyclic) bond motifs is 1. The Morgan fingerprint density at radius 3 is 2.83 bits per heavy atom. The Morgan fingerprint density at radius 2 is 2.04 bits per heavy atom. The Hall–Kier alpha value is -2.05. The van der Waals surface area contributed by atoms with Gasteiger partial charge >= 0.3 is 0 Å². The highest BCUT2D eigenvalue weighted by atomic mass is 79.9. The number of pyridine rings is 1. The minimum absolute atomic E-state index is 0.0596. The highest BCUT2D eigenvalue weighted by molar-refractivity contribution is 9.10. The quantitative estimate of drug-likeness (QED) is 0.667. The van der Waals surface area contributed by atoms with E-state index in [9.17, 15) is 9.59 Å². The van der Waals surface area contributed by atoms with E-state index in [0.29, 0.717) is 5.39 Å². The summed E-state index contributed by atoms with van der Waals surface area (Å²) in [6, 6.07) is 14.6. The lowest BCUT2D eigenvalue weighted by atomic mass is 10.2. The van der Waals surface area contributed by atoms with Crippen LogP contribution < -0.4 is 10.7 Å². The van der Waals surface area contributed by atoms with Gasteiger partial charge in [-0.05, 0) is 42.7 Å². The topological polar surface area (TPSA) is 51.1 Å². The average Bonchev–Trinajstić information content (AvgIpc) is 2.57. The first kappa shape index (κ1) is 16.8. The molecule has 3 aromatic rings. The molecule has 1 aromatic heterocycles. The number of nitrogens with zero attached hydrogens (tertiary/aromatic N) is 1. The molecular formula is C18H15BrN2O2S. The van der Waals surface area contributed by atoms with E-state index in [1.54, 1.807) is 28.6 Å². The molecule has 0 saturated carbocycles. The third kappa shape index (κ3) is 3.71. The summed E-state index contributed by atoms with van der Waals surface area (Å²) in [5.74, 6) is -0.138. The van der Waals surface area contributed by atoms with Crippen LogP contribution in [0, 0.1) is 0 Å². The fraction of sp³-hybridized carbons (Fsp3) is 0.111. The lowest BCUT2D eigenvalue weighted by Gasteiger charge is -2.11. The zero-order valence-corrected chi connectivity index (χ0v) is 15.4. The summed E-state index contributed by atoms with van der Waals surface area (Å²) in [7, 11) is 0. The molecule has 0 unspecified atom stereocenters. The van der Waals surface area contributed by atoms with E-state index in [4.69, 9.17) is 0 Å². The minimum atomic E-state index is -0.138. The Bertz CT molecular complexity index is 969. The van der Waals surface area contributed by atoms with Crippen molar-refractivity contribution in [2.24, 2.45) is 0 Å². The van der Waals surface area contributed by atoms with Gasteiger partial charge in [0.05, 0.1) is 5.52 Å². The fourth-order valence-corrected chi connectivity index (χ4v) is 3.30. The van der Waals surface area contributed by atoms with Crippen LogP contribution in [0.2, 0.25) is 0 Å². The van der Waals surface area contributed by atoms with Crippen molar-refractivity contribution in [1.82, 2.24) is 4.57 Å². The molecule has 1 heterocycles. The van der Waals surface area contributed by atoms with Gasteiger partial charge in [-0.3, -0.25) is 9.59 Å². The summed E-state index contributed by atoms with van der Waals surface area (Å²) >= 11 is 4.99. The lowest BCUT2D eigenvalue weighted by molar-refractivity contribution is -0.116. The summed E-state index contributed by atoms with van der Waals surface area (Å²) in [6.07, 6.45) is 3.64. The number of benzene rings is 2.